The van der Waals surface area contributed by atoms with Crippen LogP contribution in [0.25, 0.3) is 0 Å². The molecule has 0 radical (unpaired) electrons. The molecule has 0 saturated carbocycles. The lowest BCUT2D eigenvalue weighted by Gasteiger charge is -2.35. The Hall–Kier alpha value is -1.92. The fraction of sp³-hybridized carbons (Fsp3) is 0.312. The van der Waals surface area contributed by atoms with Crippen LogP contribution in [0, 0.1) is 6.08 Å². The fourth-order valence-corrected chi connectivity index (χ4v) is 3.82. The number of benzene rings is 1. The molecule has 1 aromatic carbocycles. The van der Waals surface area contributed by atoms with E-state index in [1.54, 1.807) is 23.1 Å². The Labute approximate surface area is 147 Å². The van der Waals surface area contributed by atoms with Crippen molar-refractivity contribution in [2.45, 2.75) is 31.3 Å². The number of urea groups is 1. The summed E-state index contributed by atoms with van der Waals surface area (Å²) in [4.78, 5) is 22.0. The maximum absolute atomic E-state index is 13.2. The van der Waals surface area contributed by atoms with E-state index in [9.17, 15) is 9.18 Å². The van der Waals surface area contributed by atoms with Crippen molar-refractivity contribution in [1.29, 1.82) is 0 Å². The largest absolute Gasteiger partial charge is 0.322 e. The third-order valence-electron chi connectivity index (χ3n) is 4.57. The van der Waals surface area contributed by atoms with E-state index in [2.05, 4.69) is 15.3 Å². The van der Waals surface area contributed by atoms with Gasteiger partial charge in [0.25, 0.3) is 0 Å². The number of hydrogen-bond donors (Lipinski definition) is 1. The molecule has 4 rings (SSSR count). The number of nitrogens with one attached hydrogen (secondary N) is 1. The minimum Gasteiger partial charge on any atom is -0.314 e. The highest BCUT2D eigenvalue weighted by Gasteiger charge is 2.43. The Morgan fingerprint density at radius 2 is 2.12 bits per heavy atom. The summed E-state index contributed by atoms with van der Waals surface area (Å²) >= 11 is 11.9. The van der Waals surface area contributed by atoms with Crippen LogP contribution < -0.4 is 5.32 Å². The minimum absolute atomic E-state index is 0.0135. The lowest BCUT2D eigenvalue weighted by molar-refractivity contribution is 0.178. The maximum Gasteiger partial charge on any atom is 0.322 e. The molecule has 0 spiro atoms. The van der Waals surface area contributed by atoms with E-state index in [4.69, 9.17) is 23.2 Å². The second kappa shape index (κ2) is 5.86. The lowest BCUT2D eigenvalue weighted by Crippen LogP contribution is -2.44. The van der Waals surface area contributed by atoms with E-state index in [0.717, 1.165) is 18.4 Å². The Kier molecular flexibility index (Phi) is 3.81. The van der Waals surface area contributed by atoms with Gasteiger partial charge in [-0.15, -0.1) is 0 Å². The number of hydrogen-bond acceptors (Lipinski definition) is 3. The first-order chi connectivity index (χ1) is 11.5. The SMILES string of the molecule is O=C(Nc1ccc(Cl)c(Cl)c1)N1[C@H]2CC[C@@H]1c1cnc(F)nc1C2. The molecule has 2 aliphatic rings. The maximum atomic E-state index is 13.2. The van der Waals surface area contributed by atoms with Crippen LogP contribution >= 0.6 is 23.2 Å². The Balaban J connectivity index is 1.59. The van der Waals surface area contributed by atoms with Gasteiger partial charge in [-0.3, -0.25) is 0 Å². The molecule has 1 aromatic heterocycles. The molecule has 2 atom stereocenters. The first-order valence-corrected chi connectivity index (χ1v) is 8.34. The molecule has 0 aliphatic carbocycles. The van der Waals surface area contributed by atoms with Gasteiger partial charge in [0.2, 0.25) is 0 Å². The van der Waals surface area contributed by atoms with Crippen LogP contribution in [0.5, 0.6) is 0 Å². The van der Waals surface area contributed by atoms with Crippen LogP contribution in [0.1, 0.15) is 30.1 Å². The number of carbonyl (C=O) groups excluding carboxylic acids is 1. The van der Waals surface area contributed by atoms with Gasteiger partial charge in [-0.05, 0) is 31.0 Å². The van der Waals surface area contributed by atoms with Crippen molar-refractivity contribution in [3.05, 3.63) is 51.8 Å². The van der Waals surface area contributed by atoms with Gasteiger partial charge in [0.1, 0.15) is 0 Å². The van der Waals surface area contributed by atoms with Crippen LogP contribution in [-0.4, -0.2) is 26.9 Å². The zero-order chi connectivity index (χ0) is 16.8. The molecule has 5 nitrogen and oxygen atoms in total. The van der Waals surface area contributed by atoms with Gasteiger partial charge >= 0.3 is 12.1 Å². The molecule has 124 valence electrons. The average molecular weight is 367 g/mol. The highest BCUT2D eigenvalue weighted by molar-refractivity contribution is 6.42. The summed E-state index contributed by atoms with van der Waals surface area (Å²) in [6.45, 7) is 0. The predicted octanol–water partition coefficient (Wildman–Crippen LogP) is 4.22. The van der Waals surface area contributed by atoms with Gasteiger partial charge in [0, 0.05) is 29.9 Å². The monoisotopic (exact) mass is 366 g/mol. The van der Waals surface area contributed by atoms with Gasteiger partial charge < -0.3 is 10.2 Å². The Morgan fingerprint density at radius 1 is 1.29 bits per heavy atom. The molecule has 1 N–H and O–H groups in total. The highest BCUT2D eigenvalue weighted by atomic mass is 35.5. The number of anilines is 1. The molecule has 24 heavy (non-hydrogen) atoms. The molecule has 2 bridgehead atoms. The van der Waals surface area contributed by atoms with Crippen molar-refractivity contribution >= 4 is 34.9 Å². The Morgan fingerprint density at radius 3 is 2.92 bits per heavy atom. The molecule has 8 heteroatoms. The van der Waals surface area contributed by atoms with Crippen molar-refractivity contribution in [2.75, 3.05) is 5.32 Å². The van der Waals surface area contributed by atoms with Crippen molar-refractivity contribution < 1.29 is 9.18 Å². The summed E-state index contributed by atoms with van der Waals surface area (Å²) in [6, 6.07) is 4.62. The summed E-state index contributed by atoms with van der Waals surface area (Å²) in [5, 5.41) is 3.66. The van der Waals surface area contributed by atoms with Crippen LogP contribution in [-0.2, 0) is 6.42 Å². The van der Waals surface area contributed by atoms with Crippen molar-refractivity contribution in [3.8, 4) is 0 Å². The third-order valence-corrected chi connectivity index (χ3v) is 5.31. The number of fused-ring (bicyclic) bond motifs is 4. The lowest BCUT2D eigenvalue weighted by atomic mass is 10.00. The molecule has 2 aromatic rings. The van der Waals surface area contributed by atoms with E-state index >= 15 is 0 Å². The third kappa shape index (κ3) is 2.59. The van der Waals surface area contributed by atoms with Gasteiger partial charge in [0.15, 0.2) is 0 Å². The van der Waals surface area contributed by atoms with Gasteiger partial charge in [-0.2, -0.15) is 4.39 Å². The molecule has 1 saturated heterocycles. The molecule has 0 unspecified atom stereocenters. The van der Waals surface area contributed by atoms with Crippen LogP contribution in [0.3, 0.4) is 0 Å². The van der Waals surface area contributed by atoms with E-state index in [-0.39, 0.29) is 18.1 Å². The van der Waals surface area contributed by atoms with E-state index in [0.29, 0.717) is 27.8 Å². The van der Waals surface area contributed by atoms with Crippen molar-refractivity contribution in [3.63, 3.8) is 0 Å². The molecule has 1 fully saturated rings. The second-order valence-corrected chi connectivity index (χ2v) is 6.77. The first-order valence-electron chi connectivity index (χ1n) is 7.58. The van der Waals surface area contributed by atoms with Gasteiger partial charge in [0.05, 0.1) is 21.8 Å². The first kappa shape index (κ1) is 15.6. The van der Waals surface area contributed by atoms with Crippen LogP contribution in [0.2, 0.25) is 10.0 Å². The summed E-state index contributed by atoms with van der Waals surface area (Å²) < 4.78 is 13.2. The zero-order valence-electron chi connectivity index (χ0n) is 12.5. The predicted molar refractivity (Wildman–Crippen MR) is 88.8 cm³/mol. The number of rotatable bonds is 1. The smallest absolute Gasteiger partial charge is 0.314 e. The average Bonchev–Trinajstić information content (AvgIpc) is 2.86. The molecule has 2 aliphatic heterocycles. The van der Waals surface area contributed by atoms with E-state index < -0.39 is 6.08 Å². The summed E-state index contributed by atoms with van der Waals surface area (Å²) in [5.41, 5.74) is 2.11. The highest BCUT2D eigenvalue weighted by Crippen LogP contribution is 2.43. The molecular formula is C16H13Cl2FN4O. The Bertz CT molecular complexity index is 832. The second-order valence-electron chi connectivity index (χ2n) is 5.96. The van der Waals surface area contributed by atoms with Crippen molar-refractivity contribution in [1.82, 2.24) is 14.9 Å². The number of halogens is 3. The van der Waals surface area contributed by atoms with Crippen LogP contribution in [0.4, 0.5) is 14.9 Å². The van der Waals surface area contributed by atoms with Gasteiger partial charge in [-0.1, -0.05) is 23.2 Å². The standard InChI is InChI=1S/C16H13Cl2FN4O/c17-11-3-1-8(5-12(11)18)21-16(24)23-9-2-4-14(23)10-7-20-15(19)22-13(10)6-9/h1,3,5,7,9,14H,2,4,6H2,(H,21,24)/t9-,14+/m0/s1. The number of amides is 2. The van der Waals surface area contributed by atoms with Crippen LogP contribution in [0.15, 0.2) is 24.4 Å². The summed E-state index contributed by atoms with van der Waals surface area (Å²) in [5.74, 6) is 0. The number of carbonyl (C=O) groups is 1. The zero-order valence-corrected chi connectivity index (χ0v) is 14.0. The van der Waals surface area contributed by atoms with E-state index in [1.165, 1.54) is 6.20 Å². The fourth-order valence-electron chi connectivity index (χ4n) is 3.53. The quantitative estimate of drug-likeness (QED) is 0.768. The van der Waals surface area contributed by atoms with E-state index in [1.807, 2.05) is 0 Å². The number of aromatic nitrogens is 2. The normalized spacial score (nSPS) is 21.5. The van der Waals surface area contributed by atoms with Gasteiger partial charge in [-0.25, -0.2) is 14.8 Å². The number of nitrogens with zero attached hydrogens (tertiary/aromatic N) is 3. The van der Waals surface area contributed by atoms with Crippen molar-refractivity contribution in [2.24, 2.45) is 0 Å². The topological polar surface area (TPSA) is 58.1 Å². The molecular weight excluding hydrogens is 354 g/mol. The summed E-state index contributed by atoms with van der Waals surface area (Å²) in [6.07, 6.45) is 2.99. The molecule has 2 amide bonds. The molecule has 3 heterocycles. The summed E-state index contributed by atoms with van der Waals surface area (Å²) in [7, 11) is 0. The minimum atomic E-state index is -0.721.